The summed E-state index contributed by atoms with van der Waals surface area (Å²) in [6.07, 6.45) is 1.03. The van der Waals surface area contributed by atoms with Crippen LogP contribution in [-0.2, 0) is 19.8 Å². The van der Waals surface area contributed by atoms with Crippen molar-refractivity contribution >= 4 is 0 Å². The molecular weight excluding hydrogens is 283 g/mol. The molecule has 0 bridgehead atoms. The normalized spacial score (nSPS) is 18.1. The zero-order valence-electron chi connectivity index (χ0n) is 5.04. The van der Waals surface area contributed by atoms with Crippen molar-refractivity contribution in [3.05, 3.63) is 0 Å². The second-order valence-corrected chi connectivity index (χ2v) is 3.47. The van der Waals surface area contributed by atoms with Crippen molar-refractivity contribution in [2.75, 3.05) is 6.54 Å². The Morgan fingerprint density at radius 2 is 2.12 bits per heavy atom. The van der Waals surface area contributed by atoms with Crippen LogP contribution >= 0.6 is 0 Å². The second-order valence-electron chi connectivity index (χ2n) is 1.96. The first-order chi connectivity index (χ1) is 3.68. The molecule has 4 N–H and O–H groups in total. The van der Waals surface area contributed by atoms with E-state index in [9.17, 15) is 0 Å². The minimum atomic E-state index is 0.263. The number of nitrogens with two attached hydrogens (primary N) is 2. The molecule has 0 fully saturated rings. The van der Waals surface area contributed by atoms with Gasteiger partial charge in [0.05, 0.1) is 0 Å². The average molecular weight is 296 g/mol. The summed E-state index contributed by atoms with van der Waals surface area (Å²) >= 11 is 2.20. The van der Waals surface area contributed by atoms with Crippen molar-refractivity contribution in [3.8, 4) is 0 Å². The molecule has 0 spiro atoms. The molecule has 0 aromatic rings. The van der Waals surface area contributed by atoms with E-state index in [0.29, 0.717) is 5.92 Å². The predicted molar refractivity (Wildman–Crippen MR) is 30.8 cm³/mol. The Balaban J connectivity index is 3.17. The summed E-state index contributed by atoms with van der Waals surface area (Å²) in [6, 6.07) is 0. The molecule has 0 rings (SSSR count). The number of hydrogen-bond donors (Lipinski definition) is 2. The van der Waals surface area contributed by atoms with Gasteiger partial charge in [-0.3, -0.25) is 0 Å². The van der Waals surface area contributed by atoms with Gasteiger partial charge in [-0.1, -0.05) is 0 Å². The molecule has 53 valence electrons. The molecule has 0 heterocycles. The van der Waals surface area contributed by atoms with Gasteiger partial charge in [0.15, 0.2) is 0 Å². The molecule has 0 aromatic heterocycles. The molecule has 3 heteroatoms. The quantitative estimate of drug-likeness (QED) is 0.758. The van der Waals surface area contributed by atoms with Gasteiger partial charge in [0.1, 0.15) is 0 Å². The molecule has 0 aromatic carbocycles. The minimum absolute atomic E-state index is 0.263. The molecule has 8 heavy (non-hydrogen) atoms. The van der Waals surface area contributed by atoms with E-state index in [-0.39, 0.29) is 4.43 Å². The summed E-state index contributed by atoms with van der Waals surface area (Å²) in [7, 11) is 0. The molecule has 0 aliphatic rings. The van der Waals surface area contributed by atoms with Gasteiger partial charge < -0.3 is 0 Å². The zero-order chi connectivity index (χ0) is 6.57. The van der Waals surface area contributed by atoms with Gasteiger partial charge >= 0.3 is 61.5 Å². The summed E-state index contributed by atoms with van der Waals surface area (Å²) in [6.45, 7) is 2.86. The summed E-state index contributed by atoms with van der Waals surface area (Å²) in [5.41, 5.74) is 10.9. The molecular formula is C5H13N2Pt. The van der Waals surface area contributed by atoms with Crippen molar-refractivity contribution < 1.29 is 19.8 Å². The molecule has 0 saturated carbocycles. The van der Waals surface area contributed by atoms with Crippen molar-refractivity contribution in [1.29, 1.82) is 0 Å². The third-order valence-corrected chi connectivity index (χ3v) is 2.42. The Morgan fingerprint density at radius 1 is 1.62 bits per heavy atom. The first-order valence-electron chi connectivity index (χ1n) is 2.74. The van der Waals surface area contributed by atoms with E-state index in [0.717, 1.165) is 13.0 Å². The van der Waals surface area contributed by atoms with Crippen LogP contribution in [0.1, 0.15) is 13.3 Å². The van der Waals surface area contributed by atoms with Crippen LogP contribution in [0.4, 0.5) is 0 Å². The molecule has 0 radical (unpaired) electrons. The van der Waals surface area contributed by atoms with Crippen molar-refractivity contribution in [2.45, 2.75) is 17.8 Å². The molecule has 1 unspecified atom stereocenters. The Bertz CT molecular complexity index is 56.4. The van der Waals surface area contributed by atoms with Crippen molar-refractivity contribution in [1.82, 2.24) is 0 Å². The van der Waals surface area contributed by atoms with Gasteiger partial charge in [-0.05, 0) is 0 Å². The Kier molecular flexibility index (Phi) is 4.82. The van der Waals surface area contributed by atoms with Crippen LogP contribution in [0.25, 0.3) is 0 Å². The van der Waals surface area contributed by atoms with E-state index >= 15 is 0 Å². The summed E-state index contributed by atoms with van der Waals surface area (Å²) in [5, 5.41) is 0. The topological polar surface area (TPSA) is 52.0 Å². The van der Waals surface area contributed by atoms with Gasteiger partial charge in [-0.15, -0.1) is 0 Å². The van der Waals surface area contributed by atoms with E-state index in [2.05, 4.69) is 26.7 Å². The van der Waals surface area contributed by atoms with Crippen LogP contribution in [0.5, 0.6) is 0 Å². The monoisotopic (exact) mass is 296 g/mol. The first kappa shape index (κ1) is 8.61. The van der Waals surface area contributed by atoms with Crippen molar-refractivity contribution in [3.63, 3.8) is 0 Å². The number of rotatable bonds is 3. The molecule has 0 amide bonds. The zero-order valence-corrected chi connectivity index (χ0v) is 7.31. The Hall–Kier alpha value is 0.608. The SMILES string of the molecule is C[C@H](CCN)[CH](N)[Pt]. The van der Waals surface area contributed by atoms with Gasteiger partial charge in [0.25, 0.3) is 0 Å². The second kappa shape index (κ2) is 4.48. The van der Waals surface area contributed by atoms with Gasteiger partial charge in [-0.2, -0.15) is 0 Å². The predicted octanol–water partition coefficient (Wildman–Crippen LogP) is -0.197. The third kappa shape index (κ3) is 3.59. The van der Waals surface area contributed by atoms with Gasteiger partial charge in [-0.25, -0.2) is 0 Å². The molecule has 0 aliphatic carbocycles. The maximum atomic E-state index is 5.55. The maximum absolute atomic E-state index is 5.55. The first-order valence-corrected chi connectivity index (χ1v) is 4.05. The van der Waals surface area contributed by atoms with Crippen LogP contribution in [-0.4, -0.2) is 11.0 Å². The van der Waals surface area contributed by atoms with E-state index in [1.165, 1.54) is 0 Å². The average Bonchev–Trinajstić information content (AvgIpc) is 1.67. The fraction of sp³-hybridized carbons (Fsp3) is 1.00. The van der Waals surface area contributed by atoms with Crippen molar-refractivity contribution in [2.24, 2.45) is 17.4 Å². The van der Waals surface area contributed by atoms with E-state index in [1.54, 1.807) is 0 Å². The number of hydrogen-bond acceptors (Lipinski definition) is 2. The van der Waals surface area contributed by atoms with Crippen LogP contribution in [0.15, 0.2) is 0 Å². The van der Waals surface area contributed by atoms with Gasteiger partial charge in [0, 0.05) is 0 Å². The Morgan fingerprint density at radius 3 is 2.25 bits per heavy atom. The van der Waals surface area contributed by atoms with E-state index in [1.807, 2.05) is 0 Å². The third-order valence-electron chi connectivity index (χ3n) is 1.13. The van der Waals surface area contributed by atoms with Crippen LogP contribution in [0.3, 0.4) is 0 Å². The van der Waals surface area contributed by atoms with E-state index in [4.69, 9.17) is 11.5 Å². The Labute approximate surface area is 61.9 Å². The van der Waals surface area contributed by atoms with Crippen LogP contribution in [0, 0.1) is 5.92 Å². The standard InChI is InChI=1S/C5H13N2.Pt/c1-5(4-7)2-3-6;/h4-5H,2-3,6-7H2,1H3;/t5-;/m1./s1. The fourth-order valence-electron chi connectivity index (χ4n) is 0.412. The fourth-order valence-corrected chi connectivity index (χ4v) is 0.791. The van der Waals surface area contributed by atoms with Crippen LogP contribution in [0.2, 0.25) is 0 Å². The summed E-state index contributed by atoms with van der Waals surface area (Å²) in [4.78, 5) is 0. The van der Waals surface area contributed by atoms with Crippen LogP contribution < -0.4 is 11.5 Å². The molecule has 2 nitrogen and oxygen atoms in total. The van der Waals surface area contributed by atoms with Gasteiger partial charge in [0.2, 0.25) is 0 Å². The molecule has 0 aliphatic heterocycles. The summed E-state index contributed by atoms with van der Waals surface area (Å²) in [5.74, 6) is 0.557. The van der Waals surface area contributed by atoms with E-state index < -0.39 is 0 Å². The molecule has 2 atom stereocenters. The molecule has 0 saturated heterocycles. The summed E-state index contributed by atoms with van der Waals surface area (Å²) < 4.78 is 0.263.